The summed E-state index contributed by atoms with van der Waals surface area (Å²) in [4.78, 5) is 6.12. The number of thiazole rings is 1. The molecule has 0 fully saturated rings. The summed E-state index contributed by atoms with van der Waals surface area (Å²) in [5, 5.41) is 1.82. The molecule has 0 aliphatic carbocycles. The maximum absolute atomic E-state index is 6.21. The fraction of sp³-hybridized carbons (Fsp3) is 0.357. The van der Waals surface area contributed by atoms with Crippen LogP contribution in [0, 0.1) is 0 Å². The molecular weight excluding hydrogens is 250 g/mol. The van der Waals surface area contributed by atoms with E-state index < -0.39 is 0 Å². The van der Waals surface area contributed by atoms with Crippen LogP contribution in [0.25, 0.3) is 10.6 Å². The molecule has 2 aromatic rings. The van der Waals surface area contributed by atoms with Crippen LogP contribution in [0.15, 0.2) is 24.3 Å². The lowest BCUT2D eigenvalue weighted by Gasteiger charge is -2.02. The Kier molecular flexibility index (Phi) is 3.85. The van der Waals surface area contributed by atoms with E-state index in [1.807, 2.05) is 24.3 Å². The van der Waals surface area contributed by atoms with Crippen molar-refractivity contribution in [2.24, 2.45) is 0 Å². The maximum Gasteiger partial charge on any atom is 0.125 e. The molecule has 0 amide bonds. The van der Waals surface area contributed by atoms with Gasteiger partial charge in [0.05, 0.1) is 10.7 Å². The van der Waals surface area contributed by atoms with Gasteiger partial charge in [-0.2, -0.15) is 0 Å². The molecule has 17 heavy (non-hydrogen) atoms. The molecule has 0 aliphatic heterocycles. The third kappa shape index (κ3) is 2.53. The van der Waals surface area contributed by atoms with Gasteiger partial charge in [0.25, 0.3) is 0 Å². The van der Waals surface area contributed by atoms with E-state index in [1.165, 1.54) is 10.6 Å². The molecule has 1 aromatic carbocycles. The summed E-state index contributed by atoms with van der Waals surface area (Å²) in [6, 6.07) is 7.90. The minimum atomic E-state index is 0.470. The Morgan fingerprint density at radius 3 is 2.53 bits per heavy atom. The van der Waals surface area contributed by atoms with E-state index in [4.69, 9.17) is 16.6 Å². The highest BCUT2D eigenvalue weighted by molar-refractivity contribution is 7.15. The number of benzene rings is 1. The van der Waals surface area contributed by atoms with E-state index in [-0.39, 0.29) is 0 Å². The van der Waals surface area contributed by atoms with Gasteiger partial charge in [0.2, 0.25) is 0 Å². The number of nitrogens with zero attached hydrogens (tertiary/aromatic N) is 1. The van der Waals surface area contributed by atoms with E-state index in [9.17, 15) is 0 Å². The maximum atomic E-state index is 6.21. The molecule has 0 radical (unpaired) electrons. The number of hydrogen-bond donors (Lipinski definition) is 0. The number of halogens is 1. The quantitative estimate of drug-likeness (QED) is 0.748. The molecule has 0 N–H and O–H groups in total. The van der Waals surface area contributed by atoms with E-state index in [0.29, 0.717) is 5.92 Å². The van der Waals surface area contributed by atoms with E-state index in [1.54, 1.807) is 11.3 Å². The van der Waals surface area contributed by atoms with Crippen molar-refractivity contribution >= 4 is 22.9 Å². The number of aryl methyl sites for hydroxylation is 1. The number of hydrogen-bond acceptors (Lipinski definition) is 2. The third-order valence-corrected chi connectivity index (χ3v) is 4.28. The van der Waals surface area contributed by atoms with Gasteiger partial charge < -0.3 is 0 Å². The monoisotopic (exact) mass is 265 g/mol. The van der Waals surface area contributed by atoms with Gasteiger partial charge in [-0.25, -0.2) is 4.98 Å². The molecule has 1 nitrogen and oxygen atoms in total. The van der Waals surface area contributed by atoms with Gasteiger partial charge >= 0.3 is 0 Å². The van der Waals surface area contributed by atoms with Crippen molar-refractivity contribution in [2.45, 2.75) is 33.1 Å². The fourth-order valence-corrected chi connectivity index (χ4v) is 3.29. The largest absolute Gasteiger partial charge is 0.240 e. The van der Waals surface area contributed by atoms with Crippen LogP contribution in [0.4, 0.5) is 0 Å². The van der Waals surface area contributed by atoms with Gasteiger partial charge in [-0.05, 0) is 18.4 Å². The van der Waals surface area contributed by atoms with E-state index in [0.717, 1.165) is 22.0 Å². The molecule has 0 aliphatic rings. The first-order chi connectivity index (χ1) is 8.13. The Labute approximate surface area is 111 Å². The van der Waals surface area contributed by atoms with Crippen LogP contribution in [-0.2, 0) is 6.42 Å². The fourth-order valence-electron chi connectivity index (χ4n) is 1.82. The molecule has 2 rings (SSSR count). The third-order valence-electron chi connectivity index (χ3n) is 2.70. The molecule has 0 spiro atoms. The molecule has 0 bridgehead atoms. The van der Waals surface area contributed by atoms with Gasteiger partial charge in [0.15, 0.2) is 0 Å². The summed E-state index contributed by atoms with van der Waals surface area (Å²) < 4.78 is 0. The molecule has 90 valence electrons. The molecular formula is C14H16ClNS. The molecule has 1 heterocycles. The summed E-state index contributed by atoms with van der Waals surface area (Å²) in [5.74, 6) is 0.470. The highest BCUT2D eigenvalue weighted by Crippen LogP contribution is 2.35. The first-order valence-electron chi connectivity index (χ1n) is 5.88. The minimum Gasteiger partial charge on any atom is -0.240 e. The van der Waals surface area contributed by atoms with Crippen molar-refractivity contribution in [1.82, 2.24) is 4.98 Å². The van der Waals surface area contributed by atoms with Crippen molar-refractivity contribution in [3.63, 3.8) is 0 Å². The van der Waals surface area contributed by atoms with Crippen molar-refractivity contribution in [1.29, 1.82) is 0 Å². The Bertz CT molecular complexity index is 517. The Hall–Kier alpha value is -0.860. The van der Waals surface area contributed by atoms with Crippen molar-refractivity contribution in [3.05, 3.63) is 39.9 Å². The molecule has 0 atom stereocenters. The van der Waals surface area contributed by atoms with Crippen LogP contribution in [0.3, 0.4) is 0 Å². The number of aromatic nitrogens is 1. The predicted octanol–water partition coefficient (Wildman–Crippen LogP) is 5.15. The first-order valence-corrected chi connectivity index (χ1v) is 7.07. The van der Waals surface area contributed by atoms with Gasteiger partial charge in [0, 0.05) is 10.4 Å². The van der Waals surface area contributed by atoms with Crippen LogP contribution in [0.2, 0.25) is 5.02 Å². The summed E-state index contributed by atoms with van der Waals surface area (Å²) in [5.41, 5.74) is 2.26. The molecule has 0 saturated carbocycles. The van der Waals surface area contributed by atoms with E-state index >= 15 is 0 Å². The van der Waals surface area contributed by atoms with Crippen molar-refractivity contribution < 1.29 is 0 Å². The SMILES string of the molecule is CCc1sc(-c2ccccc2Cl)nc1C(C)C. The first kappa shape index (κ1) is 12.6. The molecule has 3 heteroatoms. The Morgan fingerprint density at radius 1 is 1.29 bits per heavy atom. The normalized spacial score (nSPS) is 11.1. The van der Waals surface area contributed by atoms with Gasteiger partial charge in [-0.3, -0.25) is 0 Å². The average molecular weight is 266 g/mol. The zero-order valence-electron chi connectivity index (χ0n) is 10.3. The van der Waals surface area contributed by atoms with Crippen molar-refractivity contribution in [3.8, 4) is 10.6 Å². The predicted molar refractivity (Wildman–Crippen MR) is 76.0 cm³/mol. The highest BCUT2D eigenvalue weighted by atomic mass is 35.5. The molecule has 0 unspecified atom stereocenters. The second-order valence-corrected chi connectivity index (χ2v) is 5.81. The van der Waals surface area contributed by atoms with Crippen LogP contribution in [0.5, 0.6) is 0 Å². The van der Waals surface area contributed by atoms with Gasteiger partial charge in [-0.1, -0.05) is 50.6 Å². The lowest BCUT2D eigenvalue weighted by atomic mass is 10.1. The summed E-state index contributed by atoms with van der Waals surface area (Å²) in [7, 11) is 0. The summed E-state index contributed by atoms with van der Waals surface area (Å²) >= 11 is 7.97. The lowest BCUT2D eigenvalue weighted by molar-refractivity contribution is 0.817. The summed E-state index contributed by atoms with van der Waals surface area (Å²) in [6.07, 6.45) is 1.04. The Balaban J connectivity index is 2.51. The van der Waals surface area contributed by atoms with Gasteiger partial charge in [-0.15, -0.1) is 11.3 Å². The zero-order chi connectivity index (χ0) is 12.4. The van der Waals surface area contributed by atoms with Crippen LogP contribution < -0.4 is 0 Å². The molecule has 0 saturated heterocycles. The minimum absolute atomic E-state index is 0.470. The Morgan fingerprint density at radius 2 is 2.00 bits per heavy atom. The van der Waals surface area contributed by atoms with Crippen molar-refractivity contribution in [2.75, 3.05) is 0 Å². The standard InChI is InChI=1S/C14H16ClNS/c1-4-12-13(9(2)3)16-14(17-12)10-7-5-6-8-11(10)15/h5-9H,4H2,1-3H3. The zero-order valence-corrected chi connectivity index (χ0v) is 11.9. The summed E-state index contributed by atoms with van der Waals surface area (Å²) in [6.45, 7) is 6.55. The molecule has 1 aromatic heterocycles. The highest BCUT2D eigenvalue weighted by Gasteiger charge is 2.15. The van der Waals surface area contributed by atoms with Gasteiger partial charge in [0.1, 0.15) is 5.01 Å². The second-order valence-electron chi connectivity index (χ2n) is 4.32. The topological polar surface area (TPSA) is 12.9 Å². The average Bonchev–Trinajstić information content (AvgIpc) is 2.73. The number of rotatable bonds is 3. The van der Waals surface area contributed by atoms with Crippen LogP contribution in [0.1, 0.15) is 37.3 Å². The smallest absolute Gasteiger partial charge is 0.125 e. The second kappa shape index (κ2) is 5.19. The van der Waals surface area contributed by atoms with Crippen LogP contribution >= 0.6 is 22.9 Å². The lowest BCUT2D eigenvalue weighted by Crippen LogP contribution is -1.92. The van der Waals surface area contributed by atoms with Crippen LogP contribution in [-0.4, -0.2) is 4.98 Å². The van der Waals surface area contributed by atoms with E-state index in [2.05, 4.69) is 20.8 Å².